The summed E-state index contributed by atoms with van der Waals surface area (Å²) in [5.74, 6) is 2.86. The molecule has 0 fully saturated rings. The van der Waals surface area contributed by atoms with Crippen LogP contribution in [0.3, 0.4) is 0 Å². The van der Waals surface area contributed by atoms with Crippen molar-refractivity contribution in [3.8, 4) is 0 Å². The molecule has 2 heterocycles. The van der Waals surface area contributed by atoms with Crippen LogP contribution >= 0.6 is 0 Å². The first kappa shape index (κ1) is 20.7. The topological polar surface area (TPSA) is 87.4 Å². The zero-order valence-corrected chi connectivity index (χ0v) is 16.7. The van der Waals surface area contributed by atoms with Crippen LogP contribution in [0.1, 0.15) is 70.9 Å². The first-order valence-corrected chi connectivity index (χ1v) is 10.2. The lowest BCUT2D eigenvalue weighted by molar-refractivity contribution is 0.169. The van der Waals surface area contributed by atoms with Crippen molar-refractivity contribution in [1.82, 2.24) is 25.4 Å². The summed E-state index contributed by atoms with van der Waals surface area (Å²) in [4.78, 5) is 4.74. The molecule has 1 aromatic rings. The molecule has 0 radical (unpaired) electrons. The average Bonchev–Trinajstić information content (AvgIpc) is 2.89. The SMILES string of the molecule is CCNC(=NCc1nnc2n1CCCCC2)NCC(CC)(CC)CCO. The average molecular weight is 365 g/mol. The Morgan fingerprint density at radius 2 is 1.96 bits per heavy atom. The molecule has 0 aliphatic carbocycles. The summed E-state index contributed by atoms with van der Waals surface area (Å²) in [5, 5.41) is 24.9. The molecule has 0 atom stereocenters. The van der Waals surface area contributed by atoms with Gasteiger partial charge in [-0.15, -0.1) is 10.2 Å². The fourth-order valence-corrected chi connectivity index (χ4v) is 3.60. The summed E-state index contributed by atoms with van der Waals surface area (Å²) in [6, 6.07) is 0. The highest BCUT2D eigenvalue weighted by Gasteiger charge is 2.25. The summed E-state index contributed by atoms with van der Waals surface area (Å²) in [5.41, 5.74) is 0.108. The molecule has 0 saturated heterocycles. The van der Waals surface area contributed by atoms with E-state index in [2.05, 4.69) is 46.2 Å². The summed E-state index contributed by atoms with van der Waals surface area (Å²) in [6.07, 6.45) is 7.55. The standard InChI is InChI=1S/C19H36N6O/c1-4-19(5-2,11-13-26)15-22-18(20-6-3)21-14-17-24-23-16-10-8-7-9-12-25(16)17/h26H,4-15H2,1-3H3,(H2,20,21,22). The molecule has 0 aromatic carbocycles. The van der Waals surface area contributed by atoms with Gasteiger partial charge in [-0.05, 0) is 44.4 Å². The van der Waals surface area contributed by atoms with Gasteiger partial charge in [-0.1, -0.05) is 20.3 Å². The number of fused-ring (bicyclic) bond motifs is 1. The van der Waals surface area contributed by atoms with E-state index in [1.54, 1.807) is 0 Å². The smallest absolute Gasteiger partial charge is 0.191 e. The highest BCUT2D eigenvalue weighted by atomic mass is 16.3. The Bertz CT molecular complexity index is 564. The molecule has 1 aromatic heterocycles. The van der Waals surface area contributed by atoms with Gasteiger partial charge in [0.1, 0.15) is 12.4 Å². The number of rotatable bonds is 9. The third kappa shape index (κ3) is 5.43. The fourth-order valence-electron chi connectivity index (χ4n) is 3.60. The normalized spacial score (nSPS) is 15.5. The molecule has 2 rings (SSSR count). The van der Waals surface area contributed by atoms with E-state index < -0.39 is 0 Å². The van der Waals surface area contributed by atoms with E-state index in [0.717, 1.165) is 62.9 Å². The van der Waals surface area contributed by atoms with Gasteiger partial charge in [0.25, 0.3) is 0 Å². The van der Waals surface area contributed by atoms with E-state index in [9.17, 15) is 5.11 Å². The second kappa shape index (κ2) is 10.5. The van der Waals surface area contributed by atoms with Crippen LogP contribution in [0.4, 0.5) is 0 Å². The molecule has 3 N–H and O–H groups in total. The number of hydrogen-bond donors (Lipinski definition) is 3. The lowest BCUT2D eigenvalue weighted by Crippen LogP contribution is -2.44. The number of hydrogen-bond acceptors (Lipinski definition) is 4. The van der Waals surface area contributed by atoms with Crippen LogP contribution in [-0.2, 0) is 19.5 Å². The Kier molecular flexibility index (Phi) is 8.35. The van der Waals surface area contributed by atoms with E-state index in [-0.39, 0.29) is 12.0 Å². The van der Waals surface area contributed by atoms with E-state index in [1.165, 1.54) is 19.3 Å². The largest absolute Gasteiger partial charge is 0.396 e. The number of aliphatic hydroxyl groups excluding tert-OH is 1. The van der Waals surface area contributed by atoms with Crippen LogP contribution in [0.5, 0.6) is 0 Å². The monoisotopic (exact) mass is 364 g/mol. The second-order valence-electron chi connectivity index (χ2n) is 7.22. The lowest BCUT2D eigenvalue weighted by Gasteiger charge is -2.32. The summed E-state index contributed by atoms with van der Waals surface area (Å²) in [7, 11) is 0. The van der Waals surface area contributed by atoms with Gasteiger partial charge in [-0.3, -0.25) is 0 Å². The van der Waals surface area contributed by atoms with E-state index >= 15 is 0 Å². The first-order chi connectivity index (χ1) is 12.7. The van der Waals surface area contributed by atoms with Crippen LogP contribution in [0.15, 0.2) is 4.99 Å². The van der Waals surface area contributed by atoms with Gasteiger partial charge in [-0.25, -0.2) is 4.99 Å². The van der Waals surface area contributed by atoms with E-state index in [0.29, 0.717) is 6.54 Å². The predicted molar refractivity (Wildman–Crippen MR) is 105 cm³/mol. The molecular formula is C19H36N6O. The van der Waals surface area contributed by atoms with Gasteiger partial charge in [0.2, 0.25) is 0 Å². The van der Waals surface area contributed by atoms with Gasteiger partial charge in [0.05, 0.1) is 0 Å². The van der Waals surface area contributed by atoms with Gasteiger partial charge in [0.15, 0.2) is 11.8 Å². The maximum absolute atomic E-state index is 9.40. The van der Waals surface area contributed by atoms with E-state index in [4.69, 9.17) is 4.99 Å². The molecule has 0 unspecified atom stereocenters. The third-order valence-corrected chi connectivity index (χ3v) is 5.68. The number of guanidine groups is 1. The number of aryl methyl sites for hydroxylation is 1. The van der Waals surface area contributed by atoms with Crippen molar-refractivity contribution in [2.75, 3.05) is 19.7 Å². The van der Waals surface area contributed by atoms with Crippen LogP contribution in [0.2, 0.25) is 0 Å². The van der Waals surface area contributed by atoms with E-state index in [1.807, 2.05) is 0 Å². The Balaban J connectivity index is 2.03. The number of nitrogens with zero attached hydrogens (tertiary/aromatic N) is 4. The molecule has 1 aliphatic heterocycles. The zero-order valence-electron chi connectivity index (χ0n) is 16.7. The van der Waals surface area contributed by atoms with Crippen molar-refractivity contribution >= 4 is 5.96 Å². The summed E-state index contributed by atoms with van der Waals surface area (Å²) < 4.78 is 2.24. The van der Waals surface area contributed by atoms with Gasteiger partial charge < -0.3 is 20.3 Å². The molecule has 0 saturated carbocycles. The minimum absolute atomic E-state index is 0.108. The van der Waals surface area contributed by atoms with Crippen molar-refractivity contribution in [3.05, 3.63) is 11.6 Å². The van der Waals surface area contributed by atoms with Crippen LogP contribution in [-0.4, -0.2) is 45.5 Å². The third-order valence-electron chi connectivity index (χ3n) is 5.68. The maximum Gasteiger partial charge on any atom is 0.191 e. The van der Waals surface area contributed by atoms with Crippen molar-refractivity contribution in [1.29, 1.82) is 0 Å². The molecular weight excluding hydrogens is 328 g/mol. The Morgan fingerprint density at radius 3 is 2.65 bits per heavy atom. The number of nitrogens with one attached hydrogen (secondary N) is 2. The Hall–Kier alpha value is -1.63. The summed E-state index contributed by atoms with van der Waals surface area (Å²) >= 11 is 0. The molecule has 148 valence electrons. The minimum Gasteiger partial charge on any atom is -0.396 e. The molecule has 0 amide bonds. The lowest BCUT2D eigenvalue weighted by atomic mass is 9.79. The maximum atomic E-state index is 9.40. The summed E-state index contributed by atoms with van der Waals surface area (Å²) in [6.45, 7) is 9.84. The van der Waals surface area contributed by atoms with Gasteiger partial charge >= 0.3 is 0 Å². The van der Waals surface area contributed by atoms with Crippen LogP contribution < -0.4 is 10.6 Å². The number of aliphatic hydroxyl groups is 1. The fraction of sp³-hybridized carbons (Fsp3) is 0.842. The predicted octanol–water partition coefficient (Wildman–Crippen LogP) is 2.25. The van der Waals surface area contributed by atoms with Crippen LogP contribution in [0, 0.1) is 5.41 Å². The molecule has 1 aliphatic rings. The molecule has 7 nitrogen and oxygen atoms in total. The first-order valence-electron chi connectivity index (χ1n) is 10.2. The van der Waals surface area contributed by atoms with Gasteiger partial charge in [0, 0.05) is 32.7 Å². The zero-order chi connectivity index (χ0) is 18.8. The number of aliphatic imine (C=N–C) groups is 1. The quantitative estimate of drug-likeness (QED) is 0.462. The van der Waals surface area contributed by atoms with Crippen molar-refractivity contribution in [2.45, 2.75) is 78.8 Å². The highest BCUT2D eigenvalue weighted by Crippen LogP contribution is 2.29. The van der Waals surface area contributed by atoms with Crippen LogP contribution in [0.25, 0.3) is 0 Å². The molecule has 7 heteroatoms. The van der Waals surface area contributed by atoms with Crippen molar-refractivity contribution in [3.63, 3.8) is 0 Å². The number of aromatic nitrogens is 3. The Labute approximate surface area is 157 Å². The Morgan fingerprint density at radius 1 is 1.15 bits per heavy atom. The van der Waals surface area contributed by atoms with Crippen molar-refractivity contribution < 1.29 is 5.11 Å². The molecule has 26 heavy (non-hydrogen) atoms. The second-order valence-corrected chi connectivity index (χ2v) is 7.22. The van der Waals surface area contributed by atoms with Crippen molar-refractivity contribution in [2.24, 2.45) is 10.4 Å². The van der Waals surface area contributed by atoms with Gasteiger partial charge in [-0.2, -0.15) is 0 Å². The molecule has 0 bridgehead atoms. The highest BCUT2D eigenvalue weighted by molar-refractivity contribution is 5.79. The molecule has 0 spiro atoms. The minimum atomic E-state index is 0.108.